The molecule has 0 fully saturated rings. The summed E-state index contributed by atoms with van der Waals surface area (Å²) in [6.07, 6.45) is 2.04. The van der Waals surface area contributed by atoms with Gasteiger partial charge in [0.05, 0.1) is 5.56 Å². The van der Waals surface area contributed by atoms with Gasteiger partial charge in [-0.3, -0.25) is 9.59 Å². The van der Waals surface area contributed by atoms with Gasteiger partial charge in [0.25, 0.3) is 5.91 Å². The molecular weight excluding hydrogens is 273 g/mol. The number of hydrogen-bond acceptors (Lipinski definition) is 2. The van der Waals surface area contributed by atoms with Gasteiger partial charge in [0, 0.05) is 18.0 Å². The van der Waals surface area contributed by atoms with Crippen LogP contribution in [-0.2, 0) is 4.79 Å². The lowest BCUT2D eigenvalue weighted by Gasteiger charge is -2.06. The van der Waals surface area contributed by atoms with Gasteiger partial charge in [0.1, 0.15) is 5.82 Å². The maximum absolute atomic E-state index is 13.4. The molecule has 0 saturated carbocycles. The Kier molecular flexibility index (Phi) is 6.29. The number of carboxylic acid groups (broad SMARTS) is 1. The van der Waals surface area contributed by atoms with Crippen LogP contribution < -0.4 is 5.32 Å². The van der Waals surface area contributed by atoms with Gasteiger partial charge < -0.3 is 10.4 Å². The van der Waals surface area contributed by atoms with Gasteiger partial charge in [-0.1, -0.05) is 18.0 Å². The number of amides is 1. The first-order valence-electron chi connectivity index (χ1n) is 5.95. The predicted molar refractivity (Wildman–Crippen MR) is 69.8 cm³/mol. The molecule has 0 radical (unpaired) electrons. The summed E-state index contributed by atoms with van der Waals surface area (Å²) in [7, 11) is 0. The molecule has 1 rings (SSSR count). The molecule has 0 spiro atoms. The van der Waals surface area contributed by atoms with Crippen LogP contribution in [0, 0.1) is 5.82 Å². The number of carbonyl (C=O) groups is 2. The van der Waals surface area contributed by atoms with Crippen molar-refractivity contribution in [3.05, 3.63) is 34.6 Å². The largest absolute Gasteiger partial charge is 0.481 e. The molecule has 4 nitrogen and oxygen atoms in total. The normalized spacial score (nSPS) is 10.2. The van der Waals surface area contributed by atoms with Gasteiger partial charge in [-0.05, 0) is 31.0 Å². The Morgan fingerprint density at radius 2 is 2.00 bits per heavy atom. The second kappa shape index (κ2) is 7.74. The minimum Gasteiger partial charge on any atom is -0.481 e. The van der Waals surface area contributed by atoms with Gasteiger partial charge >= 0.3 is 5.97 Å². The summed E-state index contributed by atoms with van der Waals surface area (Å²) in [6.45, 7) is 0.379. The Morgan fingerprint density at radius 1 is 1.26 bits per heavy atom. The molecule has 0 aliphatic carbocycles. The average molecular weight is 288 g/mol. The predicted octanol–water partition coefficient (Wildman–Crippen LogP) is 2.85. The van der Waals surface area contributed by atoms with E-state index in [4.69, 9.17) is 16.7 Å². The van der Waals surface area contributed by atoms with Crippen molar-refractivity contribution in [3.63, 3.8) is 0 Å². The number of rotatable bonds is 7. The molecule has 2 N–H and O–H groups in total. The van der Waals surface area contributed by atoms with Crippen molar-refractivity contribution in [1.82, 2.24) is 5.32 Å². The van der Waals surface area contributed by atoms with Crippen molar-refractivity contribution in [2.75, 3.05) is 6.54 Å². The first kappa shape index (κ1) is 15.4. The van der Waals surface area contributed by atoms with Crippen molar-refractivity contribution in [2.24, 2.45) is 0 Å². The first-order chi connectivity index (χ1) is 9.00. The van der Waals surface area contributed by atoms with E-state index in [0.717, 1.165) is 6.07 Å². The minimum absolute atomic E-state index is 0.0852. The van der Waals surface area contributed by atoms with Crippen LogP contribution in [0.2, 0.25) is 5.02 Å². The molecule has 1 aromatic carbocycles. The zero-order valence-electron chi connectivity index (χ0n) is 10.3. The van der Waals surface area contributed by atoms with E-state index in [9.17, 15) is 14.0 Å². The Bertz CT molecular complexity index is 465. The number of benzene rings is 1. The fourth-order valence-corrected chi connectivity index (χ4v) is 1.72. The molecular formula is C13H15ClFNO3. The molecule has 0 atom stereocenters. The van der Waals surface area contributed by atoms with Crippen LogP contribution in [0.15, 0.2) is 18.2 Å². The molecule has 0 aliphatic rings. The molecule has 0 saturated heterocycles. The highest BCUT2D eigenvalue weighted by molar-refractivity contribution is 6.30. The van der Waals surface area contributed by atoms with E-state index >= 15 is 0 Å². The average Bonchev–Trinajstić information content (AvgIpc) is 2.36. The van der Waals surface area contributed by atoms with Gasteiger partial charge in [-0.2, -0.15) is 0 Å². The number of halogens is 2. The molecule has 19 heavy (non-hydrogen) atoms. The SMILES string of the molecule is O=C(O)CCCCCNC(=O)c1cc(Cl)ccc1F. The summed E-state index contributed by atoms with van der Waals surface area (Å²) >= 11 is 5.69. The van der Waals surface area contributed by atoms with E-state index in [0.29, 0.717) is 30.8 Å². The van der Waals surface area contributed by atoms with Crippen molar-refractivity contribution >= 4 is 23.5 Å². The molecule has 0 aromatic heterocycles. The van der Waals surface area contributed by atoms with Crippen LogP contribution in [0.1, 0.15) is 36.0 Å². The molecule has 6 heteroatoms. The Morgan fingerprint density at radius 3 is 2.68 bits per heavy atom. The second-order valence-electron chi connectivity index (χ2n) is 4.08. The Hall–Kier alpha value is -1.62. The summed E-state index contributed by atoms with van der Waals surface area (Å²) in [5, 5.41) is 11.3. The maximum atomic E-state index is 13.4. The third kappa shape index (κ3) is 5.70. The van der Waals surface area contributed by atoms with Crippen LogP contribution in [0.5, 0.6) is 0 Å². The first-order valence-corrected chi connectivity index (χ1v) is 6.33. The molecule has 0 aliphatic heterocycles. The van der Waals surface area contributed by atoms with Gasteiger partial charge in [0.2, 0.25) is 0 Å². The number of carboxylic acids is 1. The van der Waals surface area contributed by atoms with Crippen molar-refractivity contribution < 1.29 is 19.1 Å². The summed E-state index contributed by atoms with van der Waals surface area (Å²) < 4.78 is 13.4. The second-order valence-corrected chi connectivity index (χ2v) is 4.52. The topological polar surface area (TPSA) is 66.4 Å². The highest BCUT2D eigenvalue weighted by Gasteiger charge is 2.11. The van der Waals surface area contributed by atoms with E-state index in [1.54, 1.807) is 0 Å². The minimum atomic E-state index is -0.829. The zero-order chi connectivity index (χ0) is 14.3. The molecule has 1 aromatic rings. The Balaban J connectivity index is 2.31. The third-order valence-electron chi connectivity index (χ3n) is 2.53. The number of carbonyl (C=O) groups excluding carboxylic acids is 1. The molecule has 0 heterocycles. The quantitative estimate of drug-likeness (QED) is 0.758. The number of hydrogen-bond donors (Lipinski definition) is 2. The summed E-state index contributed by atoms with van der Waals surface area (Å²) in [4.78, 5) is 21.9. The van der Waals surface area contributed by atoms with Crippen molar-refractivity contribution in [2.45, 2.75) is 25.7 Å². The van der Waals surface area contributed by atoms with E-state index in [1.165, 1.54) is 12.1 Å². The van der Waals surface area contributed by atoms with Crippen LogP contribution in [0.25, 0.3) is 0 Å². The van der Waals surface area contributed by atoms with Crippen LogP contribution in [0.3, 0.4) is 0 Å². The van der Waals surface area contributed by atoms with Gasteiger partial charge in [-0.25, -0.2) is 4.39 Å². The number of aliphatic carboxylic acids is 1. The fraction of sp³-hybridized carbons (Fsp3) is 0.385. The lowest BCUT2D eigenvalue weighted by molar-refractivity contribution is -0.137. The maximum Gasteiger partial charge on any atom is 0.303 e. The van der Waals surface area contributed by atoms with Crippen molar-refractivity contribution in [3.8, 4) is 0 Å². The lowest BCUT2D eigenvalue weighted by Crippen LogP contribution is -2.25. The molecule has 0 bridgehead atoms. The standard InChI is InChI=1S/C13H15ClFNO3/c14-9-5-6-11(15)10(8-9)13(19)16-7-3-1-2-4-12(17)18/h5-6,8H,1-4,7H2,(H,16,19)(H,17,18). The number of unbranched alkanes of at least 4 members (excludes halogenated alkanes) is 2. The van der Waals surface area contributed by atoms with E-state index < -0.39 is 17.7 Å². The monoisotopic (exact) mass is 287 g/mol. The zero-order valence-corrected chi connectivity index (χ0v) is 11.0. The summed E-state index contributed by atoms with van der Waals surface area (Å²) in [6, 6.07) is 3.79. The molecule has 0 unspecified atom stereocenters. The smallest absolute Gasteiger partial charge is 0.303 e. The van der Waals surface area contributed by atoms with Crippen LogP contribution in [-0.4, -0.2) is 23.5 Å². The lowest BCUT2D eigenvalue weighted by atomic mass is 10.1. The molecule has 104 valence electrons. The van der Waals surface area contributed by atoms with Crippen LogP contribution in [0.4, 0.5) is 4.39 Å². The van der Waals surface area contributed by atoms with Crippen LogP contribution >= 0.6 is 11.6 Å². The summed E-state index contributed by atoms with van der Waals surface area (Å²) in [5.41, 5.74) is -0.0852. The highest BCUT2D eigenvalue weighted by Crippen LogP contribution is 2.14. The van der Waals surface area contributed by atoms with Gasteiger partial charge in [-0.15, -0.1) is 0 Å². The van der Waals surface area contributed by atoms with E-state index in [1.807, 2.05) is 0 Å². The van der Waals surface area contributed by atoms with E-state index in [-0.39, 0.29) is 12.0 Å². The summed E-state index contributed by atoms with van der Waals surface area (Å²) in [5.74, 6) is -1.96. The molecule has 1 amide bonds. The van der Waals surface area contributed by atoms with E-state index in [2.05, 4.69) is 5.32 Å². The van der Waals surface area contributed by atoms with Gasteiger partial charge in [0.15, 0.2) is 0 Å². The number of nitrogens with one attached hydrogen (secondary N) is 1. The highest BCUT2D eigenvalue weighted by atomic mass is 35.5. The fourth-order valence-electron chi connectivity index (χ4n) is 1.55. The van der Waals surface area contributed by atoms with Crippen molar-refractivity contribution in [1.29, 1.82) is 0 Å². The Labute approximate surface area is 115 Å². The third-order valence-corrected chi connectivity index (χ3v) is 2.76.